The number of fused-ring (bicyclic) bond motifs is 2. The third-order valence-corrected chi connectivity index (χ3v) is 4.76. The number of amides is 1. The summed E-state index contributed by atoms with van der Waals surface area (Å²) in [6.07, 6.45) is 6.83. The topological polar surface area (TPSA) is 100 Å². The van der Waals surface area contributed by atoms with Crippen molar-refractivity contribution in [3.63, 3.8) is 0 Å². The number of nitrogens with zero attached hydrogens (tertiary/aromatic N) is 4. The van der Waals surface area contributed by atoms with Gasteiger partial charge in [-0.3, -0.25) is 14.9 Å². The third-order valence-electron chi connectivity index (χ3n) is 4.41. The Labute approximate surface area is 170 Å². The highest BCUT2D eigenvalue weighted by Crippen LogP contribution is 2.40. The van der Waals surface area contributed by atoms with Gasteiger partial charge in [0.25, 0.3) is 0 Å². The van der Waals surface area contributed by atoms with Crippen LogP contribution in [0.5, 0.6) is 0 Å². The Balaban J connectivity index is 1.86. The van der Waals surface area contributed by atoms with Crippen molar-refractivity contribution in [2.45, 2.75) is 33.2 Å². The number of imidazole rings is 1. The van der Waals surface area contributed by atoms with E-state index in [1.54, 1.807) is 29.9 Å². The zero-order valence-corrected chi connectivity index (χ0v) is 16.8. The molecule has 0 spiro atoms. The first-order valence-corrected chi connectivity index (χ1v) is 9.52. The van der Waals surface area contributed by atoms with Crippen LogP contribution in [0.3, 0.4) is 0 Å². The van der Waals surface area contributed by atoms with Crippen molar-refractivity contribution in [2.75, 3.05) is 10.6 Å². The number of hydrogen-bond acceptors (Lipinski definition) is 5. The van der Waals surface area contributed by atoms with Crippen LogP contribution in [0.4, 0.5) is 15.9 Å². The number of carbonyl (C=O) groups is 1. The molecule has 1 amide bonds. The van der Waals surface area contributed by atoms with Gasteiger partial charge in [0.1, 0.15) is 0 Å². The summed E-state index contributed by atoms with van der Waals surface area (Å²) in [7, 11) is 0. The SMILES string of the molecule is CCC(=O)Nc1cn2cc(-c3c(Cl)c(F)c(NC(C)C)c4[nH]ncc34)ncc2n1. The standard InChI is InChI=1S/C19H19ClFN7O/c1-4-14(29)26-12-8-28-7-11(22-6-13(28)25-12)15-10-5-23-27-18(10)19(24-9(2)3)17(21)16(15)20/h5-9,24H,4H2,1-3H3,(H,23,27)(H,26,29). The van der Waals surface area contributed by atoms with E-state index in [4.69, 9.17) is 11.6 Å². The summed E-state index contributed by atoms with van der Waals surface area (Å²) in [6.45, 7) is 5.58. The number of aromatic amines is 1. The molecule has 0 saturated heterocycles. The molecule has 0 saturated carbocycles. The first-order chi connectivity index (χ1) is 13.9. The summed E-state index contributed by atoms with van der Waals surface area (Å²) in [4.78, 5) is 20.3. The van der Waals surface area contributed by atoms with E-state index < -0.39 is 5.82 Å². The zero-order chi connectivity index (χ0) is 20.7. The Morgan fingerprint density at radius 2 is 2.14 bits per heavy atom. The summed E-state index contributed by atoms with van der Waals surface area (Å²) in [5.74, 6) is -0.298. The van der Waals surface area contributed by atoms with Gasteiger partial charge in [-0.05, 0) is 13.8 Å². The van der Waals surface area contributed by atoms with Gasteiger partial charge >= 0.3 is 0 Å². The second-order valence-corrected chi connectivity index (χ2v) is 7.28. The first kappa shape index (κ1) is 19.1. The Hall–Kier alpha value is -3.20. The molecule has 0 radical (unpaired) electrons. The first-order valence-electron chi connectivity index (χ1n) is 9.14. The van der Waals surface area contributed by atoms with E-state index in [2.05, 4.69) is 30.8 Å². The summed E-state index contributed by atoms with van der Waals surface area (Å²) >= 11 is 6.42. The predicted molar refractivity (Wildman–Crippen MR) is 111 cm³/mol. The number of rotatable bonds is 5. The number of carbonyl (C=O) groups excluding carboxylic acids is 1. The summed E-state index contributed by atoms with van der Waals surface area (Å²) in [5.41, 5.74) is 2.21. The number of hydrogen-bond donors (Lipinski definition) is 3. The molecule has 8 nitrogen and oxygen atoms in total. The molecule has 3 heterocycles. The van der Waals surface area contributed by atoms with Crippen molar-refractivity contribution < 1.29 is 9.18 Å². The van der Waals surface area contributed by atoms with Crippen LogP contribution in [0.2, 0.25) is 5.02 Å². The molecule has 3 N–H and O–H groups in total. The van der Waals surface area contributed by atoms with Gasteiger partial charge in [0.2, 0.25) is 5.91 Å². The monoisotopic (exact) mass is 415 g/mol. The van der Waals surface area contributed by atoms with Gasteiger partial charge in [0, 0.05) is 29.6 Å². The maximum Gasteiger partial charge on any atom is 0.225 e. The Kier molecular flexibility index (Phi) is 4.83. The largest absolute Gasteiger partial charge is 0.379 e. The van der Waals surface area contributed by atoms with E-state index in [0.717, 1.165) is 0 Å². The number of benzene rings is 1. The molecule has 0 aliphatic rings. The molecule has 3 aromatic heterocycles. The quantitative estimate of drug-likeness (QED) is 0.453. The van der Waals surface area contributed by atoms with Crippen LogP contribution in [0.1, 0.15) is 27.2 Å². The maximum absolute atomic E-state index is 15.1. The Bertz CT molecular complexity index is 1230. The fourth-order valence-corrected chi connectivity index (χ4v) is 3.40. The van der Waals surface area contributed by atoms with E-state index in [1.807, 2.05) is 13.8 Å². The minimum absolute atomic E-state index is 0.00935. The minimum Gasteiger partial charge on any atom is -0.379 e. The number of H-pyrrole nitrogens is 1. The smallest absolute Gasteiger partial charge is 0.225 e. The summed E-state index contributed by atoms with van der Waals surface area (Å²) in [6, 6.07) is 0.00935. The molecule has 0 atom stereocenters. The highest BCUT2D eigenvalue weighted by molar-refractivity contribution is 6.35. The van der Waals surface area contributed by atoms with Crippen molar-refractivity contribution >= 4 is 45.6 Å². The van der Waals surface area contributed by atoms with Gasteiger partial charge in [-0.15, -0.1) is 0 Å². The number of halogens is 2. The lowest BCUT2D eigenvalue weighted by atomic mass is 10.1. The highest BCUT2D eigenvalue weighted by atomic mass is 35.5. The molecule has 0 bridgehead atoms. The van der Waals surface area contributed by atoms with Crippen molar-refractivity contribution in [3.8, 4) is 11.3 Å². The lowest BCUT2D eigenvalue weighted by molar-refractivity contribution is -0.115. The minimum atomic E-state index is -0.574. The van der Waals surface area contributed by atoms with Gasteiger partial charge in [-0.25, -0.2) is 9.37 Å². The van der Waals surface area contributed by atoms with Crippen LogP contribution < -0.4 is 10.6 Å². The molecule has 0 fully saturated rings. The fourth-order valence-electron chi connectivity index (χ4n) is 3.11. The van der Waals surface area contributed by atoms with Gasteiger partial charge in [0.05, 0.1) is 40.5 Å². The van der Waals surface area contributed by atoms with Gasteiger partial charge in [-0.1, -0.05) is 18.5 Å². The van der Waals surface area contributed by atoms with Gasteiger partial charge in [-0.2, -0.15) is 5.10 Å². The number of nitrogens with one attached hydrogen (secondary N) is 3. The second-order valence-electron chi connectivity index (χ2n) is 6.90. The second kappa shape index (κ2) is 7.32. The lowest BCUT2D eigenvalue weighted by Crippen LogP contribution is -2.12. The van der Waals surface area contributed by atoms with Crippen LogP contribution in [-0.2, 0) is 4.79 Å². The molecule has 0 unspecified atom stereocenters. The van der Waals surface area contributed by atoms with Crippen molar-refractivity contribution in [2.24, 2.45) is 0 Å². The molecule has 150 valence electrons. The number of anilines is 2. The van der Waals surface area contributed by atoms with E-state index in [-0.39, 0.29) is 22.7 Å². The summed E-state index contributed by atoms with van der Waals surface area (Å²) < 4.78 is 16.8. The third kappa shape index (κ3) is 3.38. The normalized spacial score (nSPS) is 11.5. The van der Waals surface area contributed by atoms with Gasteiger partial charge < -0.3 is 15.0 Å². The summed E-state index contributed by atoms with van der Waals surface area (Å²) in [5, 5.41) is 13.3. The van der Waals surface area contributed by atoms with E-state index in [1.165, 1.54) is 6.20 Å². The van der Waals surface area contributed by atoms with Crippen molar-refractivity contribution in [1.29, 1.82) is 0 Å². The fraction of sp³-hybridized carbons (Fsp3) is 0.263. The molecule has 10 heteroatoms. The average molecular weight is 416 g/mol. The van der Waals surface area contributed by atoms with Crippen LogP contribution in [0, 0.1) is 5.82 Å². The van der Waals surface area contributed by atoms with Crippen LogP contribution in [0.25, 0.3) is 27.8 Å². The predicted octanol–water partition coefficient (Wildman–Crippen LogP) is 4.23. The molecule has 4 aromatic rings. The molecule has 0 aliphatic carbocycles. The van der Waals surface area contributed by atoms with Crippen LogP contribution >= 0.6 is 11.6 Å². The van der Waals surface area contributed by atoms with Crippen molar-refractivity contribution in [1.82, 2.24) is 24.6 Å². The molecular weight excluding hydrogens is 397 g/mol. The van der Waals surface area contributed by atoms with Crippen molar-refractivity contribution in [3.05, 3.63) is 35.6 Å². The molecule has 4 rings (SSSR count). The zero-order valence-electron chi connectivity index (χ0n) is 16.0. The van der Waals surface area contributed by atoms with E-state index >= 15 is 4.39 Å². The Morgan fingerprint density at radius 3 is 2.86 bits per heavy atom. The Morgan fingerprint density at radius 1 is 1.34 bits per heavy atom. The highest BCUT2D eigenvalue weighted by Gasteiger charge is 2.22. The average Bonchev–Trinajstić information content (AvgIpc) is 3.31. The van der Waals surface area contributed by atoms with Gasteiger partial charge in [0.15, 0.2) is 17.3 Å². The maximum atomic E-state index is 15.1. The molecule has 1 aromatic carbocycles. The number of aromatic nitrogens is 5. The van der Waals surface area contributed by atoms with Crippen LogP contribution in [-0.4, -0.2) is 36.5 Å². The van der Waals surface area contributed by atoms with Crippen LogP contribution in [0.15, 0.2) is 24.8 Å². The van der Waals surface area contributed by atoms with E-state index in [9.17, 15) is 4.79 Å². The lowest BCUT2D eigenvalue weighted by Gasteiger charge is -2.15. The van der Waals surface area contributed by atoms with E-state index in [0.29, 0.717) is 40.0 Å². The molecule has 0 aliphatic heterocycles. The molecular formula is C19H19ClFN7O. The molecule has 29 heavy (non-hydrogen) atoms.